The first-order chi connectivity index (χ1) is 11.1. The zero-order chi connectivity index (χ0) is 18.6. The number of terminal acetylenes is 1. The van der Waals surface area contributed by atoms with Gasteiger partial charge in [-0.2, -0.15) is 17.7 Å². The van der Waals surface area contributed by atoms with Crippen LogP contribution < -0.4 is 4.57 Å². The highest BCUT2D eigenvalue weighted by Crippen LogP contribution is 2.20. The van der Waals surface area contributed by atoms with Gasteiger partial charge in [-0.1, -0.05) is 19.3 Å². The van der Waals surface area contributed by atoms with Crippen LogP contribution in [0.4, 0.5) is 13.2 Å². The van der Waals surface area contributed by atoms with E-state index in [1.165, 1.54) is 12.8 Å². The van der Waals surface area contributed by atoms with E-state index in [-0.39, 0.29) is 0 Å². The van der Waals surface area contributed by atoms with Crippen LogP contribution in [-0.2, 0) is 16.7 Å². The van der Waals surface area contributed by atoms with Crippen LogP contribution in [0.1, 0.15) is 38.3 Å². The van der Waals surface area contributed by atoms with Gasteiger partial charge in [-0.25, -0.2) is 8.42 Å². The fraction of sp³-hybridized carbons (Fsp3) is 0.438. The fourth-order valence-corrected chi connectivity index (χ4v) is 1.39. The Labute approximate surface area is 140 Å². The lowest BCUT2D eigenvalue weighted by molar-refractivity contribution is -0.698. The van der Waals surface area contributed by atoms with Gasteiger partial charge in [0, 0.05) is 24.5 Å². The highest BCUT2D eigenvalue weighted by molar-refractivity contribution is 7.86. The van der Waals surface area contributed by atoms with Gasteiger partial charge in [0.05, 0.1) is 6.42 Å². The molecule has 132 valence electrons. The molecule has 0 aromatic carbocycles. The van der Waals surface area contributed by atoms with E-state index in [0.717, 1.165) is 25.1 Å². The predicted molar refractivity (Wildman–Crippen MR) is 82.2 cm³/mol. The molecule has 0 unspecified atom stereocenters. The third kappa shape index (κ3) is 9.19. The molecule has 0 fully saturated rings. The van der Waals surface area contributed by atoms with Gasteiger partial charge in [0.25, 0.3) is 5.69 Å². The molecule has 0 aliphatic carbocycles. The average molecular weight is 361 g/mol. The molecule has 1 rings (SSSR count). The molecule has 1 aromatic heterocycles. The van der Waals surface area contributed by atoms with Gasteiger partial charge in [-0.15, -0.1) is 12.3 Å². The Balaban J connectivity index is 0.000000561. The number of hydrogen-bond donors (Lipinski definition) is 0. The van der Waals surface area contributed by atoms with Gasteiger partial charge in [-0.05, 0) is 12.5 Å². The molecule has 1 aromatic rings. The molecule has 0 N–H and O–H groups in total. The first-order valence-electron chi connectivity index (χ1n) is 7.06. The molecule has 0 aliphatic heterocycles. The van der Waals surface area contributed by atoms with E-state index in [1.54, 1.807) is 0 Å². The number of pyridine rings is 1. The quantitative estimate of drug-likeness (QED) is 0.272. The first-order valence-corrected chi connectivity index (χ1v) is 8.47. The van der Waals surface area contributed by atoms with Gasteiger partial charge in [-0.3, -0.25) is 0 Å². The zero-order valence-electron chi connectivity index (χ0n) is 13.1. The monoisotopic (exact) mass is 361 g/mol. The van der Waals surface area contributed by atoms with E-state index in [4.69, 9.17) is 19.4 Å². The Hall–Kier alpha value is -2.03. The fourth-order valence-electron chi connectivity index (χ4n) is 1.39. The first kappa shape index (κ1) is 22.0. The molecule has 1 heterocycles. The van der Waals surface area contributed by atoms with E-state index in [1.807, 2.05) is 24.4 Å². The highest BCUT2D eigenvalue weighted by Gasteiger charge is 2.36. The van der Waals surface area contributed by atoms with Crippen LogP contribution in [0.3, 0.4) is 0 Å². The third-order valence-corrected chi connectivity index (χ3v) is 3.16. The Bertz CT molecular complexity index is 711. The number of halogens is 3. The van der Waals surface area contributed by atoms with E-state index in [2.05, 4.69) is 29.3 Å². The summed E-state index contributed by atoms with van der Waals surface area (Å²) in [6.07, 6.45) is 11.4. The van der Waals surface area contributed by atoms with Gasteiger partial charge in [0.15, 0.2) is 22.9 Å². The van der Waals surface area contributed by atoms with Crippen molar-refractivity contribution in [1.82, 2.24) is 0 Å². The van der Waals surface area contributed by atoms with Crippen LogP contribution in [0.25, 0.3) is 0 Å². The van der Waals surface area contributed by atoms with Crippen molar-refractivity contribution in [2.75, 3.05) is 0 Å². The number of alkyl halides is 3. The van der Waals surface area contributed by atoms with Crippen molar-refractivity contribution in [3.05, 3.63) is 30.1 Å². The minimum atomic E-state index is -6.09. The number of unbranched alkanes of at least 4 members (excludes halogenated alkanes) is 2. The van der Waals surface area contributed by atoms with Crippen LogP contribution in [0, 0.1) is 24.2 Å². The summed E-state index contributed by atoms with van der Waals surface area (Å²) in [4.78, 5) is 0. The maximum absolute atomic E-state index is 10.7. The molecule has 24 heavy (non-hydrogen) atoms. The molecule has 0 saturated carbocycles. The van der Waals surface area contributed by atoms with Crippen LogP contribution in [0.2, 0.25) is 0 Å². The molecule has 0 bridgehead atoms. The van der Waals surface area contributed by atoms with Gasteiger partial charge >= 0.3 is 5.51 Å². The largest absolute Gasteiger partial charge is 0.741 e. The maximum Gasteiger partial charge on any atom is 0.485 e. The Kier molecular flexibility index (Phi) is 9.79. The van der Waals surface area contributed by atoms with Crippen molar-refractivity contribution < 1.29 is 30.7 Å². The molecule has 4 nitrogen and oxygen atoms in total. The summed E-state index contributed by atoms with van der Waals surface area (Å²) in [6.45, 7) is 3.02. The average Bonchev–Trinajstić information content (AvgIpc) is 2.49. The molecule has 0 aliphatic rings. The predicted octanol–water partition coefficient (Wildman–Crippen LogP) is 2.59. The molecule has 0 radical (unpaired) electrons. The normalized spacial score (nSPS) is 10.7. The van der Waals surface area contributed by atoms with Crippen molar-refractivity contribution in [3.8, 4) is 24.2 Å². The number of hydrogen-bond acceptors (Lipinski definition) is 3. The number of nitrogens with zero attached hydrogens (tertiary/aromatic N) is 1. The Morgan fingerprint density at radius 2 is 1.92 bits per heavy atom. The molecule has 0 saturated heterocycles. The van der Waals surface area contributed by atoms with Gasteiger partial charge < -0.3 is 4.55 Å². The summed E-state index contributed by atoms with van der Waals surface area (Å²) >= 11 is 0. The second kappa shape index (κ2) is 10.7. The minimum Gasteiger partial charge on any atom is -0.741 e. The van der Waals surface area contributed by atoms with E-state index in [9.17, 15) is 13.2 Å². The summed E-state index contributed by atoms with van der Waals surface area (Å²) < 4.78 is 61.0. The van der Waals surface area contributed by atoms with Crippen molar-refractivity contribution in [2.45, 2.75) is 44.7 Å². The number of aromatic nitrogens is 1. The van der Waals surface area contributed by atoms with Crippen molar-refractivity contribution in [2.24, 2.45) is 0 Å². The smallest absolute Gasteiger partial charge is 0.485 e. The Morgan fingerprint density at radius 3 is 2.42 bits per heavy atom. The lowest BCUT2D eigenvalue weighted by atomic mass is 10.2. The lowest BCUT2D eigenvalue weighted by Crippen LogP contribution is -2.36. The van der Waals surface area contributed by atoms with E-state index >= 15 is 0 Å². The summed E-state index contributed by atoms with van der Waals surface area (Å²) in [7, 11) is -6.09. The van der Waals surface area contributed by atoms with Crippen LogP contribution in [-0.4, -0.2) is 18.5 Å². The summed E-state index contributed by atoms with van der Waals surface area (Å²) in [5, 5.41) is 0. The molecular weight excluding hydrogens is 343 g/mol. The second-order valence-electron chi connectivity index (χ2n) is 4.54. The molecule has 8 heteroatoms. The maximum atomic E-state index is 10.7. The van der Waals surface area contributed by atoms with Gasteiger partial charge in [0.1, 0.15) is 0 Å². The van der Waals surface area contributed by atoms with Crippen molar-refractivity contribution in [1.29, 1.82) is 0 Å². The van der Waals surface area contributed by atoms with E-state index in [0.29, 0.717) is 0 Å². The summed E-state index contributed by atoms with van der Waals surface area (Å²) in [5.41, 5.74) is -4.60. The van der Waals surface area contributed by atoms with Crippen molar-refractivity contribution >= 4 is 10.1 Å². The number of aryl methyl sites for hydroxylation is 1. The summed E-state index contributed by atoms with van der Waals surface area (Å²) in [5.74, 6) is 9.05. The standard InChI is InChI=1S/C15H18N.CHF3O3S/c1-3-5-7-8-11-15-12-9-10-14-16(15)13-6-4-2;2-1(3,4)8(5,6)7/h2,9-10,12,14H,3,5-7,13H2,1H3;(H,5,6,7)/q+1;/p-1. The minimum absolute atomic E-state index is 0.748. The summed E-state index contributed by atoms with van der Waals surface area (Å²) in [6, 6.07) is 6.05. The van der Waals surface area contributed by atoms with Crippen LogP contribution in [0.5, 0.6) is 0 Å². The highest BCUT2D eigenvalue weighted by atomic mass is 32.2. The molecular formula is C16H18F3NO3S. The third-order valence-electron chi connectivity index (χ3n) is 2.59. The molecule has 0 atom stereocenters. The van der Waals surface area contributed by atoms with Crippen molar-refractivity contribution in [3.63, 3.8) is 0 Å². The second-order valence-corrected chi connectivity index (χ2v) is 5.91. The topological polar surface area (TPSA) is 61.1 Å². The number of rotatable bonds is 4. The van der Waals surface area contributed by atoms with E-state index < -0.39 is 15.6 Å². The molecule has 0 spiro atoms. The molecule has 0 amide bonds. The lowest BCUT2D eigenvalue weighted by Gasteiger charge is -2.08. The van der Waals surface area contributed by atoms with Crippen LogP contribution >= 0.6 is 0 Å². The van der Waals surface area contributed by atoms with Crippen LogP contribution in [0.15, 0.2) is 24.4 Å². The zero-order valence-corrected chi connectivity index (χ0v) is 14.0. The van der Waals surface area contributed by atoms with Gasteiger partial charge in [0.2, 0.25) is 0 Å². The SMILES string of the molecule is C#CCC[n+]1ccccc1C#CCCCC.O=S(=O)([O-])C(F)(F)F. The Morgan fingerprint density at radius 1 is 1.29 bits per heavy atom.